The summed E-state index contributed by atoms with van der Waals surface area (Å²) in [6, 6.07) is 26.2. The lowest BCUT2D eigenvalue weighted by Crippen LogP contribution is -2.47. The van der Waals surface area contributed by atoms with Gasteiger partial charge in [-0.05, 0) is 18.2 Å². The fourth-order valence-electron chi connectivity index (χ4n) is 5.02. The van der Waals surface area contributed by atoms with E-state index in [2.05, 4.69) is 20.5 Å². The number of carbonyl (C=O) groups is 2. The van der Waals surface area contributed by atoms with E-state index in [1.54, 1.807) is 30.6 Å². The molecule has 0 bridgehead atoms. The Labute approximate surface area is 230 Å². The van der Waals surface area contributed by atoms with Crippen LogP contribution < -0.4 is 10.4 Å². The van der Waals surface area contributed by atoms with Crippen LogP contribution >= 0.6 is 0 Å². The van der Waals surface area contributed by atoms with Crippen LogP contribution in [0.1, 0.15) is 21.7 Å². The van der Waals surface area contributed by atoms with Gasteiger partial charge in [0.05, 0.1) is 36.1 Å². The number of hydrogen-bond donors (Lipinski definition) is 1. The first kappa shape index (κ1) is 25.2. The summed E-state index contributed by atoms with van der Waals surface area (Å²) in [7, 11) is 1.28. The minimum Gasteiger partial charge on any atom is -0.451 e. The molecule has 1 N–H and O–H groups in total. The third-order valence-corrected chi connectivity index (χ3v) is 6.95. The smallest absolute Gasteiger partial charge is 0.433 e. The minimum atomic E-state index is -0.710. The van der Waals surface area contributed by atoms with Crippen molar-refractivity contribution in [3.05, 3.63) is 108 Å². The molecule has 0 spiro atoms. The molecule has 0 saturated carbocycles. The van der Waals surface area contributed by atoms with Crippen LogP contribution in [0.2, 0.25) is 0 Å². The highest BCUT2D eigenvalue weighted by atomic mass is 16.5. The molecule has 10 heteroatoms. The Hall–Kier alpha value is -5.09. The van der Waals surface area contributed by atoms with Gasteiger partial charge < -0.3 is 9.30 Å². The van der Waals surface area contributed by atoms with Gasteiger partial charge in [0.2, 0.25) is 0 Å². The zero-order chi connectivity index (χ0) is 27.5. The maximum absolute atomic E-state index is 14.2. The van der Waals surface area contributed by atoms with Crippen molar-refractivity contribution in [1.82, 2.24) is 30.1 Å². The lowest BCUT2D eigenvalue weighted by atomic mass is 9.95. The second kappa shape index (κ2) is 11.0. The van der Waals surface area contributed by atoms with Crippen LogP contribution in [0.15, 0.2) is 91.3 Å². The van der Waals surface area contributed by atoms with E-state index >= 15 is 0 Å². The van der Waals surface area contributed by atoms with Crippen molar-refractivity contribution in [3.63, 3.8) is 0 Å². The average molecular weight is 534 g/mol. The molecule has 0 saturated heterocycles. The normalized spacial score (nSPS) is 13.0. The van der Waals surface area contributed by atoms with Crippen molar-refractivity contribution in [3.8, 4) is 11.3 Å². The molecule has 3 aromatic carbocycles. The highest BCUT2D eigenvalue weighted by Crippen LogP contribution is 2.32. The third kappa shape index (κ3) is 4.87. The van der Waals surface area contributed by atoms with Gasteiger partial charge in [-0.15, -0.1) is 10.2 Å². The van der Waals surface area contributed by atoms with Crippen molar-refractivity contribution in [2.75, 3.05) is 18.7 Å². The number of amides is 2. The van der Waals surface area contributed by atoms with Gasteiger partial charge in [-0.2, -0.15) is 5.01 Å². The molecule has 6 rings (SSSR count). The lowest BCUT2D eigenvalue weighted by Gasteiger charge is -2.29. The van der Waals surface area contributed by atoms with Gasteiger partial charge in [-0.3, -0.25) is 15.1 Å². The molecule has 0 fully saturated rings. The standard InChI is InChI=1S/C30H27N7O3/c1-40-30(39)37(22-12-6-3-7-13-22)34-29(38)27-23-14-8-9-15-25(23)32-28(21-10-4-2-5-11-21)24(27)18-35-16-17-36-20-31-33-26(36)19-35/h2-15,20H,16-19H2,1H3,(H,34,38). The average Bonchev–Trinajstić information content (AvgIpc) is 3.48. The minimum absolute atomic E-state index is 0.444. The molecule has 0 aliphatic carbocycles. The van der Waals surface area contributed by atoms with Gasteiger partial charge >= 0.3 is 6.09 Å². The van der Waals surface area contributed by atoms with Crippen molar-refractivity contribution in [2.45, 2.75) is 19.6 Å². The van der Waals surface area contributed by atoms with E-state index < -0.39 is 12.0 Å². The van der Waals surface area contributed by atoms with Crippen LogP contribution in [0.25, 0.3) is 22.2 Å². The number of benzene rings is 3. The highest BCUT2D eigenvalue weighted by Gasteiger charge is 2.28. The van der Waals surface area contributed by atoms with E-state index in [1.165, 1.54) is 7.11 Å². The van der Waals surface area contributed by atoms with E-state index in [9.17, 15) is 9.59 Å². The summed E-state index contributed by atoms with van der Waals surface area (Å²) in [5, 5.41) is 10.1. The summed E-state index contributed by atoms with van der Waals surface area (Å²) in [6.07, 6.45) is 1.03. The molecular formula is C30H27N7O3. The summed E-state index contributed by atoms with van der Waals surface area (Å²) >= 11 is 0. The first-order valence-corrected chi connectivity index (χ1v) is 12.9. The first-order chi connectivity index (χ1) is 19.6. The zero-order valence-electron chi connectivity index (χ0n) is 21.9. The molecule has 2 amide bonds. The fraction of sp³-hybridized carbons (Fsp3) is 0.167. The van der Waals surface area contributed by atoms with Crippen LogP contribution in [0.4, 0.5) is 10.5 Å². The van der Waals surface area contributed by atoms with Gasteiger partial charge in [0.25, 0.3) is 5.91 Å². The monoisotopic (exact) mass is 533 g/mol. The van der Waals surface area contributed by atoms with Gasteiger partial charge in [0.15, 0.2) is 0 Å². The Balaban J connectivity index is 1.49. The van der Waals surface area contributed by atoms with Gasteiger partial charge in [-0.1, -0.05) is 66.7 Å². The van der Waals surface area contributed by atoms with E-state index in [4.69, 9.17) is 9.72 Å². The fourth-order valence-corrected chi connectivity index (χ4v) is 5.02. The highest BCUT2D eigenvalue weighted by molar-refractivity contribution is 6.10. The number of pyridine rings is 1. The van der Waals surface area contributed by atoms with E-state index in [-0.39, 0.29) is 0 Å². The topological polar surface area (TPSA) is 105 Å². The largest absolute Gasteiger partial charge is 0.451 e. The van der Waals surface area contributed by atoms with Crippen molar-refractivity contribution >= 4 is 28.6 Å². The number of ether oxygens (including phenoxy) is 1. The molecule has 5 aromatic rings. The van der Waals surface area contributed by atoms with Crippen molar-refractivity contribution in [1.29, 1.82) is 0 Å². The third-order valence-electron chi connectivity index (χ3n) is 6.95. The number of carbonyl (C=O) groups excluding carboxylic acids is 2. The van der Waals surface area contributed by atoms with Gasteiger partial charge in [0.1, 0.15) is 12.2 Å². The number of anilines is 1. The van der Waals surface area contributed by atoms with E-state index in [0.29, 0.717) is 40.9 Å². The maximum atomic E-state index is 14.2. The quantitative estimate of drug-likeness (QED) is 0.333. The summed E-state index contributed by atoms with van der Waals surface area (Å²) in [6.45, 7) is 2.53. The number of aromatic nitrogens is 4. The molecule has 10 nitrogen and oxygen atoms in total. The predicted molar refractivity (Wildman–Crippen MR) is 150 cm³/mol. The van der Waals surface area contributed by atoms with Gasteiger partial charge in [0, 0.05) is 36.1 Å². The number of nitrogens with one attached hydrogen (secondary N) is 1. The molecule has 0 radical (unpaired) electrons. The van der Waals surface area contributed by atoms with Crippen molar-refractivity contribution < 1.29 is 14.3 Å². The molecule has 2 aromatic heterocycles. The van der Waals surface area contributed by atoms with Crippen molar-refractivity contribution in [2.24, 2.45) is 0 Å². The van der Waals surface area contributed by atoms with Crippen LogP contribution in [0.3, 0.4) is 0 Å². The van der Waals surface area contributed by atoms with E-state index in [0.717, 1.165) is 35.0 Å². The molecule has 3 heterocycles. The Kier molecular flexibility index (Phi) is 6.90. The number of nitrogens with zero attached hydrogens (tertiary/aromatic N) is 6. The van der Waals surface area contributed by atoms with Crippen LogP contribution in [0.5, 0.6) is 0 Å². The maximum Gasteiger partial charge on any atom is 0.433 e. The Morgan fingerprint density at radius 2 is 1.68 bits per heavy atom. The van der Waals surface area contributed by atoms with Crippen LogP contribution in [-0.4, -0.2) is 50.3 Å². The predicted octanol–water partition coefficient (Wildman–Crippen LogP) is 4.43. The molecule has 1 aliphatic rings. The van der Waals surface area contributed by atoms with Crippen LogP contribution in [-0.2, 0) is 24.4 Å². The summed E-state index contributed by atoms with van der Waals surface area (Å²) in [5.41, 5.74) is 6.77. The molecule has 1 aliphatic heterocycles. The molecule has 0 atom stereocenters. The molecular weight excluding hydrogens is 506 g/mol. The molecule has 0 unspecified atom stereocenters. The number of hydrogen-bond acceptors (Lipinski definition) is 7. The Morgan fingerprint density at radius 1 is 0.950 bits per heavy atom. The van der Waals surface area contributed by atoms with Gasteiger partial charge in [-0.25, -0.2) is 9.78 Å². The SMILES string of the molecule is COC(=O)N(NC(=O)c1c(CN2CCn3cnnc3C2)c(-c2ccccc2)nc2ccccc12)c1ccccc1. The number of hydrazine groups is 1. The number of rotatable bonds is 5. The van der Waals surface area contributed by atoms with Crippen LogP contribution in [0, 0.1) is 0 Å². The molecule has 40 heavy (non-hydrogen) atoms. The lowest BCUT2D eigenvalue weighted by molar-refractivity contribution is 0.0940. The zero-order valence-corrected chi connectivity index (χ0v) is 21.9. The van der Waals surface area contributed by atoms with E-state index in [1.807, 2.05) is 65.2 Å². The Bertz CT molecular complexity index is 1670. The first-order valence-electron chi connectivity index (χ1n) is 12.9. The second-order valence-corrected chi connectivity index (χ2v) is 9.43. The summed E-state index contributed by atoms with van der Waals surface area (Å²) in [4.78, 5) is 34.3. The second-order valence-electron chi connectivity index (χ2n) is 9.43. The summed E-state index contributed by atoms with van der Waals surface area (Å²) < 4.78 is 7.03. The number of para-hydroxylation sites is 2. The number of methoxy groups -OCH3 is 1. The molecule has 200 valence electrons. The number of fused-ring (bicyclic) bond motifs is 2. The summed E-state index contributed by atoms with van der Waals surface area (Å²) in [5.74, 6) is 0.424. The Morgan fingerprint density at radius 3 is 2.45 bits per heavy atom.